The fourth-order valence-corrected chi connectivity index (χ4v) is 2.98. The second-order valence-electron chi connectivity index (χ2n) is 6.16. The van der Waals surface area contributed by atoms with Crippen molar-refractivity contribution in [1.29, 1.82) is 0 Å². The van der Waals surface area contributed by atoms with Gasteiger partial charge in [0.05, 0.1) is 23.1 Å². The Balaban J connectivity index is 1.43. The number of non-ortho nitro benzene ring substituents is 1. The van der Waals surface area contributed by atoms with E-state index in [1.165, 1.54) is 30.5 Å². The number of hydrogen-bond acceptors (Lipinski definition) is 7. The molecule has 2 heterocycles. The predicted molar refractivity (Wildman–Crippen MR) is 105 cm³/mol. The molecule has 1 amide bonds. The number of carbonyl (C=O) groups excluding carboxylic acids is 1. The molecule has 1 N–H and O–H groups in total. The van der Waals surface area contributed by atoms with Crippen molar-refractivity contribution in [2.75, 3.05) is 6.79 Å². The molecular formula is C19H13ClN4O5. The summed E-state index contributed by atoms with van der Waals surface area (Å²) in [6.07, 6.45) is 1.43. The Bertz CT molecular complexity index is 1150. The molecular weight excluding hydrogens is 400 g/mol. The minimum Gasteiger partial charge on any atom is -0.454 e. The first-order valence-corrected chi connectivity index (χ1v) is 8.82. The maximum atomic E-state index is 12.0. The van der Waals surface area contributed by atoms with Gasteiger partial charge in [0, 0.05) is 29.1 Å². The third-order valence-electron chi connectivity index (χ3n) is 4.19. The van der Waals surface area contributed by atoms with Crippen LogP contribution < -0.4 is 14.9 Å². The van der Waals surface area contributed by atoms with Crippen molar-refractivity contribution in [2.24, 2.45) is 5.10 Å². The second-order valence-corrected chi connectivity index (χ2v) is 6.52. The molecule has 1 aliphatic rings. The lowest BCUT2D eigenvalue weighted by Crippen LogP contribution is -2.19. The molecule has 0 saturated heterocycles. The highest BCUT2D eigenvalue weighted by Crippen LogP contribution is 2.36. The van der Waals surface area contributed by atoms with E-state index in [2.05, 4.69) is 15.5 Å². The minimum atomic E-state index is -0.497. The number of fused-ring (bicyclic) bond motifs is 2. The Labute approximate surface area is 169 Å². The Morgan fingerprint density at radius 3 is 2.69 bits per heavy atom. The van der Waals surface area contributed by atoms with Crippen LogP contribution in [0.1, 0.15) is 11.1 Å². The van der Waals surface area contributed by atoms with Crippen molar-refractivity contribution in [3.8, 4) is 11.5 Å². The highest BCUT2D eigenvalue weighted by molar-refractivity contribution is 6.32. The van der Waals surface area contributed by atoms with E-state index in [0.717, 1.165) is 5.39 Å². The number of nitrogens with zero attached hydrogens (tertiary/aromatic N) is 3. The standard InChI is InChI=1S/C19H13ClN4O5/c20-19-13(6-12-7-16-17(29-10-28-16)8-15(12)22-19)9-21-23-18(25)5-11-1-3-14(4-2-11)24(26)27/h1-4,6-9H,5,10H2,(H,23,25)/b21-9+. The molecule has 1 aliphatic heterocycles. The van der Waals surface area contributed by atoms with Gasteiger partial charge in [0.25, 0.3) is 5.69 Å². The zero-order chi connectivity index (χ0) is 20.4. The molecule has 0 radical (unpaired) electrons. The lowest BCUT2D eigenvalue weighted by atomic mass is 10.1. The van der Waals surface area contributed by atoms with E-state index in [4.69, 9.17) is 21.1 Å². The number of carbonyl (C=O) groups is 1. The van der Waals surface area contributed by atoms with E-state index in [1.54, 1.807) is 18.2 Å². The van der Waals surface area contributed by atoms with E-state index in [9.17, 15) is 14.9 Å². The van der Waals surface area contributed by atoms with Gasteiger partial charge in [0.2, 0.25) is 12.7 Å². The molecule has 0 aliphatic carbocycles. The van der Waals surface area contributed by atoms with Crippen LogP contribution in [0.15, 0.2) is 47.6 Å². The van der Waals surface area contributed by atoms with E-state index in [0.29, 0.717) is 28.1 Å². The zero-order valence-corrected chi connectivity index (χ0v) is 15.5. The van der Waals surface area contributed by atoms with Gasteiger partial charge in [-0.25, -0.2) is 10.4 Å². The number of nitro benzene ring substituents is 1. The van der Waals surface area contributed by atoms with Crippen LogP contribution in [0, 0.1) is 10.1 Å². The third-order valence-corrected chi connectivity index (χ3v) is 4.50. The van der Waals surface area contributed by atoms with E-state index in [-0.39, 0.29) is 30.0 Å². The number of rotatable bonds is 5. The van der Waals surface area contributed by atoms with Crippen molar-refractivity contribution >= 4 is 40.3 Å². The summed E-state index contributed by atoms with van der Waals surface area (Å²) in [4.78, 5) is 26.5. The smallest absolute Gasteiger partial charge is 0.269 e. The van der Waals surface area contributed by atoms with Crippen LogP contribution in [-0.2, 0) is 11.2 Å². The van der Waals surface area contributed by atoms with Crippen molar-refractivity contribution in [3.05, 3.63) is 68.9 Å². The summed E-state index contributed by atoms with van der Waals surface area (Å²) in [5, 5.41) is 15.6. The number of nitro groups is 1. The molecule has 10 heteroatoms. The Kier molecular flexibility index (Phi) is 4.96. The van der Waals surface area contributed by atoms with Crippen LogP contribution in [0.4, 0.5) is 5.69 Å². The first-order chi connectivity index (χ1) is 14.0. The molecule has 146 valence electrons. The molecule has 0 bridgehead atoms. The predicted octanol–water partition coefficient (Wildman–Crippen LogP) is 3.22. The maximum absolute atomic E-state index is 12.0. The second kappa shape index (κ2) is 7.72. The maximum Gasteiger partial charge on any atom is 0.269 e. The molecule has 3 aromatic rings. The summed E-state index contributed by atoms with van der Waals surface area (Å²) < 4.78 is 10.7. The zero-order valence-electron chi connectivity index (χ0n) is 14.8. The lowest BCUT2D eigenvalue weighted by Gasteiger charge is -2.04. The third kappa shape index (κ3) is 4.09. The molecule has 2 aromatic carbocycles. The fraction of sp³-hybridized carbons (Fsp3) is 0.105. The first kappa shape index (κ1) is 18.6. The summed E-state index contributed by atoms with van der Waals surface area (Å²) in [5.41, 5.74) is 4.17. The average molecular weight is 413 g/mol. The number of ether oxygens (including phenoxy) is 2. The molecule has 4 rings (SSSR count). The SMILES string of the molecule is O=C(Cc1ccc([N+](=O)[O-])cc1)N/N=C/c1cc2cc3c(cc2nc1Cl)OCO3. The monoisotopic (exact) mass is 412 g/mol. The number of benzene rings is 2. The molecule has 9 nitrogen and oxygen atoms in total. The highest BCUT2D eigenvalue weighted by Gasteiger charge is 2.15. The highest BCUT2D eigenvalue weighted by atomic mass is 35.5. The van der Waals surface area contributed by atoms with Gasteiger partial charge in [-0.1, -0.05) is 23.7 Å². The Morgan fingerprint density at radius 2 is 1.97 bits per heavy atom. The number of hydrogen-bond donors (Lipinski definition) is 1. The van der Waals surface area contributed by atoms with Crippen LogP contribution >= 0.6 is 11.6 Å². The molecule has 0 atom stereocenters. The van der Waals surface area contributed by atoms with E-state index >= 15 is 0 Å². The van der Waals surface area contributed by atoms with E-state index in [1.807, 2.05) is 0 Å². The van der Waals surface area contributed by atoms with Gasteiger partial charge in [-0.15, -0.1) is 0 Å². The van der Waals surface area contributed by atoms with Gasteiger partial charge in [0.1, 0.15) is 5.15 Å². The summed E-state index contributed by atoms with van der Waals surface area (Å²) in [6, 6.07) is 11.1. The van der Waals surface area contributed by atoms with Gasteiger partial charge < -0.3 is 9.47 Å². The first-order valence-electron chi connectivity index (χ1n) is 8.45. The summed E-state index contributed by atoms with van der Waals surface area (Å²) in [6.45, 7) is 0.161. The summed E-state index contributed by atoms with van der Waals surface area (Å²) in [7, 11) is 0. The normalized spacial score (nSPS) is 12.4. The van der Waals surface area contributed by atoms with Crippen molar-refractivity contribution in [2.45, 2.75) is 6.42 Å². The van der Waals surface area contributed by atoms with Crippen LogP contribution in [0.2, 0.25) is 5.15 Å². The van der Waals surface area contributed by atoms with E-state index < -0.39 is 4.92 Å². The molecule has 0 unspecified atom stereocenters. The number of hydrazone groups is 1. The van der Waals surface area contributed by atoms with Gasteiger partial charge >= 0.3 is 0 Å². The van der Waals surface area contributed by atoms with Crippen molar-refractivity contribution < 1.29 is 19.2 Å². The molecule has 29 heavy (non-hydrogen) atoms. The molecule has 0 fully saturated rings. The minimum absolute atomic E-state index is 0.0303. The van der Waals surface area contributed by atoms with Gasteiger partial charge in [-0.3, -0.25) is 14.9 Å². The largest absolute Gasteiger partial charge is 0.454 e. The quantitative estimate of drug-likeness (QED) is 0.297. The number of nitrogens with one attached hydrogen (secondary N) is 1. The van der Waals surface area contributed by atoms with Crippen molar-refractivity contribution in [3.63, 3.8) is 0 Å². The number of halogens is 1. The number of aromatic nitrogens is 1. The Morgan fingerprint density at radius 1 is 1.24 bits per heavy atom. The van der Waals surface area contributed by atoms with Gasteiger partial charge in [-0.2, -0.15) is 5.10 Å². The molecule has 0 spiro atoms. The van der Waals surface area contributed by atoms with Crippen LogP contribution in [0.5, 0.6) is 11.5 Å². The van der Waals surface area contributed by atoms with Gasteiger partial charge in [0.15, 0.2) is 11.5 Å². The Hall–Kier alpha value is -3.72. The van der Waals surface area contributed by atoms with Crippen LogP contribution in [-0.4, -0.2) is 28.8 Å². The molecule has 1 aromatic heterocycles. The number of pyridine rings is 1. The molecule has 0 saturated carbocycles. The van der Waals surface area contributed by atoms with Crippen LogP contribution in [0.3, 0.4) is 0 Å². The fourth-order valence-electron chi connectivity index (χ4n) is 2.78. The summed E-state index contributed by atoms with van der Waals surface area (Å²) in [5.74, 6) is 0.866. The van der Waals surface area contributed by atoms with Crippen LogP contribution in [0.25, 0.3) is 10.9 Å². The van der Waals surface area contributed by atoms with Crippen molar-refractivity contribution in [1.82, 2.24) is 10.4 Å². The summed E-state index contributed by atoms with van der Waals surface area (Å²) >= 11 is 6.20. The lowest BCUT2D eigenvalue weighted by molar-refractivity contribution is -0.384. The number of amides is 1. The topological polar surface area (TPSA) is 116 Å². The van der Waals surface area contributed by atoms with Gasteiger partial charge in [-0.05, 0) is 17.7 Å². The average Bonchev–Trinajstić information content (AvgIpc) is 3.14.